The third kappa shape index (κ3) is 2.74. The fourth-order valence-corrected chi connectivity index (χ4v) is 1.67. The Morgan fingerprint density at radius 1 is 0.875 bits per heavy atom. The van der Waals surface area contributed by atoms with Crippen molar-refractivity contribution in [2.24, 2.45) is 0 Å². The molecule has 0 heterocycles. The zero-order valence-corrected chi connectivity index (χ0v) is 9.91. The van der Waals surface area contributed by atoms with Crippen LogP contribution in [0.5, 0.6) is 0 Å². The van der Waals surface area contributed by atoms with Crippen molar-refractivity contribution in [1.82, 2.24) is 0 Å². The lowest BCUT2D eigenvalue weighted by Crippen LogP contribution is -1.75. The van der Waals surface area contributed by atoms with Crippen LogP contribution in [0.1, 0.15) is 16.7 Å². The molecule has 2 aromatic carbocycles. The topological polar surface area (TPSA) is 0 Å². The van der Waals surface area contributed by atoms with Crippen LogP contribution in [0.4, 0.5) is 0 Å². The first-order chi connectivity index (χ1) is 7.75. The summed E-state index contributed by atoms with van der Waals surface area (Å²) in [5.74, 6) is 0. The van der Waals surface area contributed by atoms with Crippen LogP contribution in [0.2, 0.25) is 5.02 Å². The highest BCUT2D eigenvalue weighted by Crippen LogP contribution is 2.17. The van der Waals surface area contributed by atoms with Gasteiger partial charge in [-0.3, -0.25) is 0 Å². The molecule has 0 nitrogen and oxygen atoms in total. The summed E-state index contributed by atoms with van der Waals surface area (Å²) in [7, 11) is 0. The molecule has 16 heavy (non-hydrogen) atoms. The second-order valence-corrected chi connectivity index (χ2v) is 4.17. The third-order valence-corrected chi connectivity index (χ3v) is 2.78. The summed E-state index contributed by atoms with van der Waals surface area (Å²) >= 11 is 6.06. The van der Waals surface area contributed by atoms with Crippen LogP contribution >= 0.6 is 11.6 Å². The Bertz CT molecular complexity index is 495. The number of hydrogen-bond acceptors (Lipinski definition) is 0. The number of rotatable bonds is 2. The van der Waals surface area contributed by atoms with Gasteiger partial charge in [-0.1, -0.05) is 71.8 Å². The molecular formula is C15H13Cl. The Balaban J connectivity index is 2.21. The monoisotopic (exact) mass is 228 g/mol. The van der Waals surface area contributed by atoms with Crippen molar-refractivity contribution in [3.05, 3.63) is 70.2 Å². The van der Waals surface area contributed by atoms with Gasteiger partial charge in [0.1, 0.15) is 0 Å². The summed E-state index contributed by atoms with van der Waals surface area (Å²) in [5.41, 5.74) is 3.50. The van der Waals surface area contributed by atoms with Crippen molar-refractivity contribution in [3.8, 4) is 0 Å². The number of benzene rings is 2. The Hall–Kier alpha value is -1.53. The maximum atomic E-state index is 6.06. The smallest absolute Gasteiger partial charge is 0.0478 e. The molecule has 1 heteroatoms. The summed E-state index contributed by atoms with van der Waals surface area (Å²) in [5, 5.41) is 0.783. The van der Waals surface area contributed by atoms with Crippen LogP contribution in [0.3, 0.4) is 0 Å². The molecule has 0 aromatic heterocycles. The molecule has 0 saturated carbocycles. The van der Waals surface area contributed by atoms with Crippen LogP contribution in [-0.4, -0.2) is 0 Å². The van der Waals surface area contributed by atoms with Gasteiger partial charge in [0.25, 0.3) is 0 Å². The molecule has 0 bridgehead atoms. The van der Waals surface area contributed by atoms with E-state index >= 15 is 0 Å². The van der Waals surface area contributed by atoms with Crippen LogP contribution in [0.15, 0.2) is 48.5 Å². The van der Waals surface area contributed by atoms with Gasteiger partial charge in [-0.2, -0.15) is 0 Å². The maximum Gasteiger partial charge on any atom is 0.0478 e. The predicted molar refractivity (Wildman–Crippen MR) is 71.6 cm³/mol. The second kappa shape index (κ2) is 5.00. The van der Waals surface area contributed by atoms with E-state index in [1.807, 2.05) is 30.3 Å². The molecule has 0 spiro atoms. The van der Waals surface area contributed by atoms with Gasteiger partial charge < -0.3 is 0 Å². The van der Waals surface area contributed by atoms with Crippen molar-refractivity contribution in [3.63, 3.8) is 0 Å². The lowest BCUT2D eigenvalue weighted by Gasteiger charge is -1.97. The van der Waals surface area contributed by atoms with E-state index in [9.17, 15) is 0 Å². The van der Waals surface area contributed by atoms with E-state index < -0.39 is 0 Å². The summed E-state index contributed by atoms with van der Waals surface area (Å²) in [6, 6.07) is 16.2. The lowest BCUT2D eigenvalue weighted by molar-refractivity contribution is 1.46. The summed E-state index contributed by atoms with van der Waals surface area (Å²) in [4.78, 5) is 0. The standard InChI is InChI=1S/C15H13Cl/c1-12-6-8-13(9-7-12)10-11-14-4-2-3-5-15(14)16/h2-11H,1H3/b11-10+. The highest BCUT2D eigenvalue weighted by atomic mass is 35.5. The molecule has 0 atom stereocenters. The molecule has 2 rings (SSSR count). The van der Waals surface area contributed by atoms with Crippen molar-refractivity contribution in [1.29, 1.82) is 0 Å². The Kier molecular flexibility index (Phi) is 3.43. The molecule has 0 unspecified atom stereocenters. The largest absolute Gasteiger partial charge is 0.0837 e. The highest BCUT2D eigenvalue weighted by Gasteiger charge is 1.93. The van der Waals surface area contributed by atoms with Gasteiger partial charge in [-0.15, -0.1) is 0 Å². The van der Waals surface area contributed by atoms with Crippen molar-refractivity contribution in [2.45, 2.75) is 6.92 Å². The van der Waals surface area contributed by atoms with Gasteiger partial charge in [0.2, 0.25) is 0 Å². The van der Waals surface area contributed by atoms with Crippen molar-refractivity contribution < 1.29 is 0 Å². The lowest BCUT2D eigenvalue weighted by atomic mass is 10.1. The first kappa shape index (κ1) is 11.0. The zero-order valence-electron chi connectivity index (χ0n) is 9.15. The van der Waals surface area contributed by atoms with E-state index in [0.29, 0.717) is 0 Å². The third-order valence-electron chi connectivity index (χ3n) is 2.44. The van der Waals surface area contributed by atoms with Crippen LogP contribution in [-0.2, 0) is 0 Å². The average molecular weight is 229 g/mol. The molecular weight excluding hydrogens is 216 g/mol. The van der Waals surface area contributed by atoms with Crippen LogP contribution in [0, 0.1) is 6.92 Å². The van der Waals surface area contributed by atoms with E-state index in [1.165, 1.54) is 11.1 Å². The molecule has 0 aliphatic heterocycles. The Morgan fingerprint density at radius 2 is 1.56 bits per heavy atom. The number of hydrogen-bond donors (Lipinski definition) is 0. The first-order valence-corrected chi connectivity index (χ1v) is 5.63. The molecule has 0 fully saturated rings. The first-order valence-electron chi connectivity index (χ1n) is 5.25. The average Bonchev–Trinajstić information content (AvgIpc) is 2.30. The van der Waals surface area contributed by atoms with Crippen LogP contribution in [0.25, 0.3) is 12.2 Å². The quantitative estimate of drug-likeness (QED) is 0.647. The maximum absolute atomic E-state index is 6.06. The number of halogens is 1. The van der Waals surface area contributed by atoms with E-state index in [1.54, 1.807) is 0 Å². The summed E-state index contributed by atoms with van der Waals surface area (Å²) < 4.78 is 0. The van der Waals surface area contributed by atoms with E-state index in [2.05, 4.69) is 37.3 Å². The van der Waals surface area contributed by atoms with Gasteiger partial charge in [-0.05, 0) is 24.1 Å². The molecule has 0 saturated heterocycles. The van der Waals surface area contributed by atoms with E-state index in [0.717, 1.165) is 10.6 Å². The second-order valence-electron chi connectivity index (χ2n) is 3.77. The Labute approximate surface area is 101 Å². The minimum absolute atomic E-state index is 0.783. The summed E-state index contributed by atoms with van der Waals surface area (Å²) in [6.07, 6.45) is 4.10. The van der Waals surface area contributed by atoms with Gasteiger partial charge in [0, 0.05) is 5.02 Å². The fourth-order valence-electron chi connectivity index (χ4n) is 1.47. The fraction of sp³-hybridized carbons (Fsp3) is 0.0667. The van der Waals surface area contributed by atoms with Gasteiger partial charge in [-0.25, -0.2) is 0 Å². The minimum Gasteiger partial charge on any atom is -0.0837 e. The number of aryl methyl sites for hydroxylation is 1. The molecule has 0 N–H and O–H groups in total. The molecule has 0 amide bonds. The molecule has 2 aromatic rings. The molecule has 80 valence electrons. The van der Waals surface area contributed by atoms with Gasteiger partial charge in [0.15, 0.2) is 0 Å². The summed E-state index contributed by atoms with van der Waals surface area (Å²) in [6.45, 7) is 2.08. The normalized spacial score (nSPS) is 10.9. The minimum atomic E-state index is 0.783. The SMILES string of the molecule is Cc1ccc(/C=C/c2ccccc2Cl)cc1. The van der Waals surface area contributed by atoms with E-state index in [4.69, 9.17) is 11.6 Å². The van der Waals surface area contributed by atoms with Gasteiger partial charge in [0.05, 0.1) is 0 Å². The predicted octanol–water partition coefficient (Wildman–Crippen LogP) is 4.82. The molecule has 0 radical (unpaired) electrons. The molecule has 0 aliphatic carbocycles. The zero-order chi connectivity index (χ0) is 11.4. The highest BCUT2D eigenvalue weighted by molar-refractivity contribution is 6.32. The Morgan fingerprint density at radius 3 is 2.25 bits per heavy atom. The van der Waals surface area contributed by atoms with Crippen molar-refractivity contribution in [2.75, 3.05) is 0 Å². The van der Waals surface area contributed by atoms with Crippen molar-refractivity contribution >= 4 is 23.8 Å². The molecule has 0 aliphatic rings. The van der Waals surface area contributed by atoms with E-state index in [-0.39, 0.29) is 0 Å². The van der Waals surface area contributed by atoms with Gasteiger partial charge >= 0.3 is 0 Å². The van der Waals surface area contributed by atoms with Crippen LogP contribution < -0.4 is 0 Å².